The Morgan fingerprint density at radius 2 is 1.55 bits per heavy atom. The quantitative estimate of drug-likeness (QED) is 0.751. The fourth-order valence-corrected chi connectivity index (χ4v) is 2.41. The highest BCUT2D eigenvalue weighted by Crippen LogP contribution is 2.23. The first-order valence-corrected chi connectivity index (χ1v) is 6.64. The van der Waals surface area contributed by atoms with Crippen molar-refractivity contribution in [2.75, 3.05) is 0 Å². The molecule has 0 saturated heterocycles. The van der Waals surface area contributed by atoms with E-state index in [-0.39, 0.29) is 12.2 Å². The summed E-state index contributed by atoms with van der Waals surface area (Å²) < 4.78 is 13.6. The Labute approximate surface area is 117 Å². The molecule has 0 aliphatic heterocycles. The summed E-state index contributed by atoms with van der Waals surface area (Å²) in [7, 11) is 0. The minimum atomic E-state index is -0.698. The second-order valence-corrected chi connectivity index (χ2v) is 4.92. The van der Waals surface area contributed by atoms with Crippen LogP contribution in [0.2, 0.25) is 0 Å². The highest BCUT2D eigenvalue weighted by molar-refractivity contribution is 5.83. The average Bonchev–Trinajstić information content (AvgIpc) is 2.49. The van der Waals surface area contributed by atoms with Gasteiger partial charge in [-0.2, -0.15) is 0 Å². The minimum absolute atomic E-state index is 0.271. The van der Waals surface area contributed by atoms with Crippen LogP contribution in [-0.4, -0.2) is 5.11 Å². The van der Waals surface area contributed by atoms with Gasteiger partial charge in [0.2, 0.25) is 0 Å². The van der Waals surface area contributed by atoms with Crippen LogP contribution in [0.3, 0.4) is 0 Å². The smallest absolute Gasteiger partial charge is 0.126 e. The van der Waals surface area contributed by atoms with Crippen LogP contribution in [0.1, 0.15) is 17.2 Å². The van der Waals surface area contributed by atoms with E-state index in [4.69, 9.17) is 0 Å². The topological polar surface area (TPSA) is 20.2 Å². The molecular weight excluding hydrogens is 251 g/mol. The zero-order valence-corrected chi connectivity index (χ0v) is 11.0. The van der Waals surface area contributed by atoms with Crippen molar-refractivity contribution < 1.29 is 9.50 Å². The fraction of sp³-hybridized carbons (Fsp3) is 0.111. The second kappa shape index (κ2) is 5.43. The molecule has 0 saturated carbocycles. The molecule has 0 bridgehead atoms. The zero-order chi connectivity index (χ0) is 13.9. The molecule has 3 rings (SSSR count). The molecule has 1 atom stereocenters. The largest absolute Gasteiger partial charge is 0.388 e. The molecule has 2 heteroatoms. The van der Waals surface area contributed by atoms with E-state index in [0.29, 0.717) is 5.56 Å². The van der Waals surface area contributed by atoms with Crippen LogP contribution in [0.5, 0.6) is 0 Å². The van der Waals surface area contributed by atoms with Crippen molar-refractivity contribution >= 4 is 10.8 Å². The number of halogens is 1. The maximum atomic E-state index is 13.6. The molecule has 1 N–H and O–H groups in total. The van der Waals surface area contributed by atoms with Crippen molar-refractivity contribution in [3.63, 3.8) is 0 Å². The Bertz CT molecular complexity index is 736. The first-order chi connectivity index (χ1) is 9.74. The number of benzene rings is 3. The van der Waals surface area contributed by atoms with Crippen LogP contribution in [0.4, 0.5) is 4.39 Å². The van der Waals surface area contributed by atoms with Crippen LogP contribution < -0.4 is 0 Å². The van der Waals surface area contributed by atoms with E-state index >= 15 is 0 Å². The Morgan fingerprint density at radius 1 is 0.850 bits per heavy atom. The van der Waals surface area contributed by atoms with E-state index in [2.05, 4.69) is 0 Å². The van der Waals surface area contributed by atoms with Crippen LogP contribution in [-0.2, 0) is 6.42 Å². The lowest BCUT2D eigenvalue weighted by Crippen LogP contribution is -2.03. The van der Waals surface area contributed by atoms with E-state index in [9.17, 15) is 9.50 Å². The number of rotatable bonds is 3. The highest BCUT2D eigenvalue weighted by atomic mass is 19.1. The molecule has 0 fully saturated rings. The molecule has 0 aromatic heterocycles. The number of fused-ring (bicyclic) bond motifs is 1. The molecule has 0 aliphatic rings. The lowest BCUT2D eigenvalue weighted by atomic mass is 9.98. The van der Waals surface area contributed by atoms with Gasteiger partial charge in [-0.05, 0) is 34.0 Å². The van der Waals surface area contributed by atoms with Gasteiger partial charge in [-0.25, -0.2) is 4.39 Å². The van der Waals surface area contributed by atoms with E-state index in [1.54, 1.807) is 18.2 Å². The molecule has 1 nitrogen and oxygen atoms in total. The predicted octanol–water partition coefficient (Wildman–Crippen LogP) is 4.26. The maximum Gasteiger partial charge on any atom is 0.126 e. The van der Waals surface area contributed by atoms with Gasteiger partial charge >= 0.3 is 0 Å². The molecule has 1 unspecified atom stereocenters. The summed E-state index contributed by atoms with van der Waals surface area (Å²) in [4.78, 5) is 0. The summed E-state index contributed by atoms with van der Waals surface area (Å²) in [6.07, 6.45) is -0.415. The minimum Gasteiger partial charge on any atom is -0.388 e. The monoisotopic (exact) mass is 266 g/mol. The fourth-order valence-electron chi connectivity index (χ4n) is 2.41. The van der Waals surface area contributed by atoms with Gasteiger partial charge in [-0.3, -0.25) is 0 Å². The number of aliphatic hydroxyl groups is 1. The van der Waals surface area contributed by atoms with Gasteiger partial charge in [0.1, 0.15) is 5.82 Å². The SMILES string of the molecule is OC(Cc1ccccc1F)c1ccc2ccccc2c1. The maximum absolute atomic E-state index is 13.6. The third-order valence-electron chi connectivity index (χ3n) is 3.53. The molecule has 3 aromatic carbocycles. The van der Waals surface area contributed by atoms with Crippen LogP contribution >= 0.6 is 0 Å². The molecule has 0 radical (unpaired) electrons. The molecular formula is C18H15FO. The zero-order valence-electron chi connectivity index (χ0n) is 11.0. The lowest BCUT2D eigenvalue weighted by molar-refractivity contribution is 0.177. The summed E-state index contributed by atoms with van der Waals surface area (Å²) in [6.45, 7) is 0. The third-order valence-corrected chi connectivity index (χ3v) is 3.53. The number of aliphatic hydroxyl groups excluding tert-OH is 1. The molecule has 0 aliphatic carbocycles. The first-order valence-electron chi connectivity index (χ1n) is 6.64. The summed E-state index contributed by atoms with van der Waals surface area (Å²) in [5.74, 6) is -0.271. The van der Waals surface area contributed by atoms with Crippen molar-refractivity contribution in [1.82, 2.24) is 0 Å². The van der Waals surface area contributed by atoms with E-state index in [1.165, 1.54) is 6.07 Å². The van der Waals surface area contributed by atoms with Crippen molar-refractivity contribution in [3.05, 3.63) is 83.7 Å². The summed E-state index contributed by atoms with van der Waals surface area (Å²) in [6, 6.07) is 20.4. The summed E-state index contributed by atoms with van der Waals surface area (Å²) in [5, 5.41) is 12.5. The van der Waals surface area contributed by atoms with Gasteiger partial charge in [0.15, 0.2) is 0 Å². The Balaban J connectivity index is 1.89. The van der Waals surface area contributed by atoms with Crippen molar-refractivity contribution in [2.24, 2.45) is 0 Å². The van der Waals surface area contributed by atoms with Crippen molar-refractivity contribution in [3.8, 4) is 0 Å². The van der Waals surface area contributed by atoms with Gasteiger partial charge in [-0.1, -0.05) is 54.6 Å². The Morgan fingerprint density at radius 3 is 2.35 bits per heavy atom. The Kier molecular flexibility index (Phi) is 3.48. The van der Waals surface area contributed by atoms with Crippen molar-refractivity contribution in [1.29, 1.82) is 0 Å². The van der Waals surface area contributed by atoms with Gasteiger partial charge in [-0.15, -0.1) is 0 Å². The van der Waals surface area contributed by atoms with Crippen LogP contribution in [0.25, 0.3) is 10.8 Å². The predicted molar refractivity (Wildman–Crippen MR) is 79.0 cm³/mol. The standard InChI is InChI=1S/C18H15FO/c19-17-8-4-3-7-15(17)12-18(20)16-10-9-13-5-1-2-6-14(13)11-16/h1-11,18,20H,12H2. The molecule has 20 heavy (non-hydrogen) atoms. The van der Waals surface area contributed by atoms with Crippen molar-refractivity contribution in [2.45, 2.75) is 12.5 Å². The third kappa shape index (κ3) is 2.56. The van der Waals surface area contributed by atoms with Gasteiger partial charge in [0, 0.05) is 6.42 Å². The highest BCUT2D eigenvalue weighted by Gasteiger charge is 2.11. The van der Waals surface area contributed by atoms with E-state index < -0.39 is 6.10 Å². The molecule has 0 amide bonds. The molecule has 0 heterocycles. The van der Waals surface area contributed by atoms with E-state index in [0.717, 1.165) is 16.3 Å². The average molecular weight is 266 g/mol. The summed E-state index contributed by atoms with van der Waals surface area (Å²) in [5.41, 5.74) is 1.35. The van der Waals surface area contributed by atoms with Crippen LogP contribution in [0, 0.1) is 5.82 Å². The van der Waals surface area contributed by atoms with E-state index in [1.807, 2.05) is 42.5 Å². The second-order valence-electron chi connectivity index (χ2n) is 4.92. The lowest BCUT2D eigenvalue weighted by Gasteiger charge is -2.12. The number of hydrogen-bond acceptors (Lipinski definition) is 1. The van der Waals surface area contributed by atoms with Gasteiger partial charge in [0.05, 0.1) is 6.10 Å². The van der Waals surface area contributed by atoms with Gasteiger partial charge in [0.25, 0.3) is 0 Å². The molecule has 0 spiro atoms. The van der Waals surface area contributed by atoms with Gasteiger partial charge < -0.3 is 5.11 Å². The number of hydrogen-bond donors (Lipinski definition) is 1. The van der Waals surface area contributed by atoms with Crippen LogP contribution in [0.15, 0.2) is 66.7 Å². The summed E-state index contributed by atoms with van der Waals surface area (Å²) >= 11 is 0. The molecule has 100 valence electrons. The molecule has 3 aromatic rings. The Hall–Kier alpha value is -2.19. The first kappa shape index (κ1) is 12.8. The normalized spacial score (nSPS) is 12.5.